The molecule has 1 aliphatic heterocycles. The summed E-state index contributed by atoms with van der Waals surface area (Å²) in [5.74, 6) is -1.77. The summed E-state index contributed by atoms with van der Waals surface area (Å²) >= 11 is 0. The fraction of sp³-hybridized carbons (Fsp3) is 0.286. The maximum atomic E-state index is 13.3. The molecular formula is C21H22N4O4. The van der Waals surface area contributed by atoms with Crippen molar-refractivity contribution in [2.24, 2.45) is 0 Å². The number of barbiturate groups is 1. The number of benzene rings is 1. The van der Waals surface area contributed by atoms with Gasteiger partial charge >= 0.3 is 6.03 Å². The number of pyridine rings is 1. The van der Waals surface area contributed by atoms with Crippen LogP contribution in [-0.2, 0) is 26.3 Å². The first-order chi connectivity index (χ1) is 13.9. The van der Waals surface area contributed by atoms with Crippen LogP contribution in [-0.4, -0.2) is 52.1 Å². The first kappa shape index (κ1) is 20.2. The van der Waals surface area contributed by atoms with Crippen LogP contribution in [0.15, 0.2) is 54.9 Å². The van der Waals surface area contributed by atoms with Gasteiger partial charge in [0.15, 0.2) is 5.41 Å². The summed E-state index contributed by atoms with van der Waals surface area (Å²) in [4.78, 5) is 57.0. The molecule has 2 aromatic rings. The maximum Gasteiger partial charge on any atom is 0.333 e. The van der Waals surface area contributed by atoms with E-state index in [1.165, 1.54) is 7.05 Å². The van der Waals surface area contributed by atoms with Crippen LogP contribution in [0, 0.1) is 0 Å². The van der Waals surface area contributed by atoms with Crippen molar-refractivity contribution in [2.45, 2.75) is 25.3 Å². The molecule has 1 aromatic heterocycles. The lowest BCUT2D eigenvalue weighted by atomic mass is 9.74. The Hall–Kier alpha value is -3.55. The van der Waals surface area contributed by atoms with Crippen molar-refractivity contribution in [1.82, 2.24) is 20.1 Å². The van der Waals surface area contributed by atoms with Crippen LogP contribution in [0.3, 0.4) is 0 Å². The molecule has 0 saturated carbocycles. The minimum Gasteiger partial charge on any atom is -0.350 e. The number of nitrogens with zero attached hydrogens (tertiary/aromatic N) is 3. The van der Waals surface area contributed by atoms with Gasteiger partial charge in [0, 0.05) is 26.0 Å². The molecule has 0 spiro atoms. The molecule has 0 bridgehead atoms. The van der Waals surface area contributed by atoms with Crippen molar-refractivity contribution < 1.29 is 19.2 Å². The van der Waals surface area contributed by atoms with E-state index in [0.717, 1.165) is 15.4 Å². The Balaban J connectivity index is 1.84. The molecule has 1 N–H and O–H groups in total. The molecule has 8 nitrogen and oxygen atoms in total. The molecule has 0 aliphatic carbocycles. The lowest BCUT2D eigenvalue weighted by Gasteiger charge is -2.42. The Kier molecular flexibility index (Phi) is 5.72. The van der Waals surface area contributed by atoms with Crippen molar-refractivity contribution in [3.05, 3.63) is 66.0 Å². The molecule has 8 heteroatoms. The van der Waals surface area contributed by atoms with Gasteiger partial charge in [0.2, 0.25) is 5.91 Å². The Bertz CT molecular complexity index is 932. The van der Waals surface area contributed by atoms with Crippen LogP contribution < -0.4 is 5.32 Å². The summed E-state index contributed by atoms with van der Waals surface area (Å²) < 4.78 is 0. The zero-order chi connectivity index (χ0) is 21.0. The molecule has 1 aliphatic rings. The SMILES string of the molecule is CCC1(c2ccccc2)C(=O)N(C)C(=O)N(CC(=O)NCc2ccncc2)C1=O. The molecule has 2 heterocycles. The highest BCUT2D eigenvalue weighted by molar-refractivity contribution is 6.23. The van der Waals surface area contributed by atoms with E-state index in [9.17, 15) is 19.2 Å². The monoisotopic (exact) mass is 394 g/mol. The molecule has 1 fully saturated rings. The van der Waals surface area contributed by atoms with Gasteiger partial charge in [-0.3, -0.25) is 29.2 Å². The lowest BCUT2D eigenvalue weighted by Crippen LogP contribution is -2.67. The number of urea groups is 1. The number of carbonyl (C=O) groups is 4. The fourth-order valence-corrected chi connectivity index (χ4v) is 3.48. The third-order valence-corrected chi connectivity index (χ3v) is 5.14. The van der Waals surface area contributed by atoms with E-state index < -0.39 is 35.7 Å². The predicted molar refractivity (Wildman–Crippen MR) is 104 cm³/mol. The molecule has 5 amide bonds. The van der Waals surface area contributed by atoms with Gasteiger partial charge in [-0.15, -0.1) is 0 Å². The van der Waals surface area contributed by atoms with Crippen LogP contribution in [0.1, 0.15) is 24.5 Å². The summed E-state index contributed by atoms with van der Waals surface area (Å²) in [5, 5.41) is 2.68. The Labute approximate surface area is 168 Å². The van der Waals surface area contributed by atoms with Gasteiger partial charge in [-0.05, 0) is 29.7 Å². The van der Waals surface area contributed by atoms with Crippen molar-refractivity contribution in [1.29, 1.82) is 0 Å². The smallest absolute Gasteiger partial charge is 0.333 e. The van der Waals surface area contributed by atoms with E-state index in [-0.39, 0.29) is 13.0 Å². The predicted octanol–water partition coefficient (Wildman–Crippen LogP) is 1.47. The summed E-state index contributed by atoms with van der Waals surface area (Å²) in [6, 6.07) is 11.3. The number of carbonyl (C=O) groups excluding carboxylic acids is 4. The zero-order valence-electron chi connectivity index (χ0n) is 16.3. The van der Waals surface area contributed by atoms with Crippen LogP contribution in [0.25, 0.3) is 0 Å². The molecule has 29 heavy (non-hydrogen) atoms. The second kappa shape index (κ2) is 8.22. The van der Waals surface area contributed by atoms with Crippen molar-refractivity contribution >= 4 is 23.8 Å². The third-order valence-electron chi connectivity index (χ3n) is 5.14. The quantitative estimate of drug-likeness (QED) is 0.748. The van der Waals surface area contributed by atoms with Crippen LogP contribution in [0.4, 0.5) is 4.79 Å². The first-order valence-corrected chi connectivity index (χ1v) is 9.27. The Morgan fingerprint density at radius 1 is 1.03 bits per heavy atom. The van der Waals surface area contributed by atoms with Crippen LogP contribution in [0.2, 0.25) is 0 Å². The van der Waals surface area contributed by atoms with E-state index in [4.69, 9.17) is 0 Å². The number of likely N-dealkylation sites (N-methyl/N-ethyl adjacent to an activating group) is 1. The first-order valence-electron chi connectivity index (χ1n) is 9.27. The van der Waals surface area contributed by atoms with Crippen molar-refractivity contribution in [3.8, 4) is 0 Å². The molecule has 1 saturated heterocycles. The van der Waals surface area contributed by atoms with E-state index in [1.807, 2.05) is 0 Å². The van der Waals surface area contributed by atoms with Gasteiger partial charge in [0.1, 0.15) is 6.54 Å². The number of imide groups is 2. The van der Waals surface area contributed by atoms with Gasteiger partial charge in [-0.25, -0.2) is 4.79 Å². The Morgan fingerprint density at radius 2 is 1.69 bits per heavy atom. The number of hydrogen-bond acceptors (Lipinski definition) is 5. The number of nitrogens with one attached hydrogen (secondary N) is 1. The normalized spacial score (nSPS) is 19.4. The number of amides is 5. The zero-order valence-corrected chi connectivity index (χ0v) is 16.3. The van der Waals surface area contributed by atoms with E-state index in [2.05, 4.69) is 10.3 Å². The standard InChI is InChI=1S/C21H22N4O4/c1-3-21(16-7-5-4-6-8-16)18(27)24(2)20(29)25(19(21)28)14-17(26)23-13-15-9-11-22-12-10-15/h4-12H,3,13-14H2,1-2H3,(H,23,26). The average molecular weight is 394 g/mol. The fourth-order valence-electron chi connectivity index (χ4n) is 3.48. The van der Waals surface area contributed by atoms with Gasteiger partial charge in [-0.2, -0.15) is 0 Å². The van der Waals surface area contributed by atoms with Crippen LogP contribution >= 0.6 is 0 Å². The highest BCUT2D eigenvalue weighted by Gasteiger charge is 2.56. The largest absolute Gasteiger partial charge is 0.350 e. The molecule has 3 rings (SSSR count). The number of aromatic nitrogens is 1. The minimum atomic E-state index is -1.53. The summed E-state index contributed by atoms with van der Waals surface area (Å²) in [6.45, 7) is 1.49. The minimum absolute atomic E-state index is 0.168. The third kappa shape index (κ3) is 3.61. The molecule has 1 unspecified atom stereocenters. The number of hydrogen-bond donors (Lipinski definition) is 1. The highest BCUT2D eigenvalue weighted by atomic mass is 16.2. The molecule has 0 radical (unpaired) electrons. The van der Waals surface area contributed by atoms with E-state index in [0.29, 0.717) is 5.56 Å². The van der Waals surface area contributed by atoms with Crippen LogP contribution in [0.5, 0.6) is 0 Å². The molecule has 1 atom stereocenters. The van der Waals surface area contributed by atoms with Crippen molar-refractivity contribution in [2.75, 3.05) is 13.6 Å². The molecule has 1 aromatic carbocycles. The van der Waals surface area contributed by atoms with E-state index in [1.54, 1.807) is 61.8 Å². The Morgan fingerprint density at radius 3 is 2.31 bits per heavy atom. The molecule has 150 valence electrons. The second-order valence-corrected chi connectivity index (χ2v) is 6.80. The highest BCUT2D eigenvalue weighted by Crippen LogP contribution is 2.36. The maximum absolute atomic E-state index is 13.3. The van der Waals surface area contributed by atoms with Gasteiger partial charge in [0.05, 0.1) is 0 Å². The number of rotatable bonds is 6. The molecular weight excluding hydrogens is 372 g/mol. The van der Waals surface area contributed by atoms with Gasteiger partial charge < -0.3 is 5.32 Å². The summed E-state index contributed by atoms with van der Waals surface area (Å²) in [6.07, 6.45) is 3.38. The topological polar surface area (TPSA) is 99.7 Å². The van der Waals surface area contributed by atoms with Gasteiger partial charge in [-0.1, -0.05) is 37.3 Å². The van der Waals surface area contributed by atoms with E-state index >= 15 is 0 Å². The van der Waals surface area contributed by atoms with Gasteiger partial charge in [0.25, 0.3) is 11.8 Å². The second-order valence-electron chi connectivity index (χ2n) is 6.80. The average Bonchev–Trinajstić information content (AvgIpc) is 2.76. The van der Waals surface area contributed by atoms with Crippen molar-refractivity contribution in [3.63, 3.8) is 0 Å². The summed E-state index contributed by atoms with van der Waals surface area (Å²) in [7, 11) is 1.33. The summed E-state index contributed by atoms with van der Waals surface area (Å²) in [5.41, 5.74) is -0.196. The lowest BCUT2D eigenvalue weighted by molar-refractivity contribution is -0.153.